The van der Waals surface area contributed by atoms with E-state index in [1.165, 1.54) is 11.1 Å². The van der Waals surface area contributed by atoms with Crippen LogP contribution in [0.25, 0.3) is 0 Å². The number of rotatable bonds is 4. The van der Waals surface area contributed by atoms with Gasteiger partial charge >= 0.3 is 0 Å². The Labute approximate surface area is 116 Å². The normalized spacial score (nSPS) is 17.8. The number of likely N-dealkylation sites (N-methyl/N-ethyl adjacent to an activating group) is 1. The first kappa shape index (κ1) is 14.1. The highest BCUT2D eigenvalue weighted by molar-refractivity contribution is 5.42. The van der Waals surface area contributed by atoms with Gasteiger partial charge in [-0.1, -0.05) is 18.6 Å². The molecule has 0 atom stereocenters. The number of hydrogen-bond donors (Lipinski definition) is 0. The highest BCUT2D eigenvalue weighted by Crippen LogP contribution is 2.17. The van der Waals surface area contributed by atoms with Crippen molar-refractivity contribution < 1.29 is 0 Å². The number of aromatic nitrogens is 1. The first-order valence-electron chi connectivity index (χ1n) is 7.27. The van der Waals surface area contributed by atoms with E-state index in [9.17, 15) is 0 Å². The average Bonchev–Trinajstić information content (AvgIpc) is 2.47. The van der Waals surface area contributed by atoms with E-state index in [2.05, 4.69) is 53.8 Å². The van der Waals surface area contributed by atoms with Crippen LogP contribution in [-0.4, -0.2) is 42.6 Å². The largest absolute Gasteiger partial charge is 0.354 e. The molecule has 0 unspecified atom stereocenters. The molecule has 1 saturated heterocycles. The van der Waals surface area contributed by atoms with Crippen molar-refractivity contribution in [1.82, 2.24) is 9.88 Å². The van der Waals surface area contributed by atoms with E-state index in [1.54, 1.807) is 0 Å². The summed E-state index contributed by atoms with van der Waals surface area (Å²) in [5.74, 6) is 1.14. The molecule has 3 nitrogen and oxygen atoms in total. The topological polar surface area (TPSA) is 19.4 Å². The Morgan fingerprint density at radius 2 is 2.05 bits per heavy atom. The molecule has 1 aromatic heterocycles. The minimum Gasteiger partial charge on any atom is -0.354 e. The molecule has 2 rings (SSSR count). The van der Waals surface area contributed by atoms with Gasteiger partial charge in [-0.05, 0) is 44.5 Å². The van der Waals surface area contributed by atoms with Crippen molar-refractivity contribution in [3.05, 3.63) is 35.5 Å². The van der Waals surface area contributed by atoms with Gasteiger partial charge in [0.2, 0.25) is 0 Å². The lowest BCUT2D eigenvalue weighted by molar-refractivity contribution is 0.270. The Balaban J connectivity index is 2.03. The summed E-state index contributed by atoms with van der Waals surface area (Å²) >= 11 is 0. The molecule has 1 fully saturated rings. The maximum Gasteiger partial charge on any atom is 0.128 e. The summed E-state index contributed by atoms with van der Waals surface area (Å²) in [5.41, 5.74) is 2.77. The van der Waals surface area contributed by atoms with Crippen molar-refractivity contribution >= 4 is 5.82 Å². The van der Waals surface area contributed by atoms with Gasteiger partial charge in [0.25, 0.3) is 0 Å². The fourth-order valence-corrected chi connectivity index (χ4v) is 2.46. The maximum atomic E-state index is 4.53. The smallest absolute Gasteiger partial charge is 0.128 e. The van der Waals surface area contributed by atoms with Crippen LogP contribution in [0.4, 0.5) is 5.82 Å². The highest BCUT2D eigenvalue weighted by Gasteiger charge is 2.16. The van der Waals surface area contributed by atoms with Crippen molar-refractivity contribution in [1.29, 1.82) is 0 Å². The van der Waals surface area contributed by atoms with Gasteiger partial charge in [-0.25, -0.2) is 4.98 Å². The van der Waals surface area contributed by atoms with Crippen LogP contribution >= 0.6 is 0 Å². The van der Waals surface area contributed by atoms with Crippen molar-refractivity contribution in [2.24, 2.45) is 0 Å². The molecule has 0 spiro atoms. The van der Waals surface area contributed by atoms with E-state index in [4.69, 9.17) is 0 Å². The molecule has 19 heavy (non-hydrogen) atoms. The zero-order valence-corrected chi connectivity index (χ0v) is 12.4. The summed E-state index contributed by atoms with van der Waals surface area (Å²) in [6.45, 7) is 12.1. The molecule has 3 heteroatoms. The molecule has 0 aliphatic carbocycles. The van der Waals surface area contributed by atoms with Crippen LogP contribution in [0.3, 0.4) is 0 Å². The van der Waals surface area contributed by atoms with Gasteiger partial charge in [0.05, 0.1) is 0 Å². The average molecular weight is 259 g/mol. The van der Waals surface area contributed by atoms with E-state index >= 15 is 0 Å². The molecule has 0 bridgehead atoms. The first-order chi connectivity index (χ1) is 9.22. The number of pyridine rings is 1. The Hall–Kier alpha value is -1.35. The minimum absolute atomic E-state index is 1.03. The summed E-state index contributed by atoms with van der Waals surface area (Å²) in [5, 5.41) is 0. The second kappa shape index (κ2) is 6.71. The highest BCUT2D eigenvalue weighted by atomic mass is 15.3. The fraction of sp³-hybridized carbons (Fsp3) is 0.562. The third-order valence-corrected chi connectivity index (χ3v) is 3.93. The predicted octanol–water partition coefficient (Wildman–Crippen LogP) is 2.73. The van der Waals surface area contributed by atoms with Crippen LogP contribution in [0.5, 0.6) is 0 Å². The van der Waals surface area contributed by atoms with Gasteiger partial charge in [0, 0.05) is 32.4 Å². The van der Waals surface area contributed by atoms with Crippen molar-refractivity contribution in [3.8, 4) is 0 Å². The zero-order valence-electron chi connectivity index (χ0n) is 12.4. The molecule has 104 valence electrons. The minimum atomic E-state index is 1.03. The third kappa shape index (κ3) is 3.80. The van der Waals surface area contributed by atoms with E-state index < -0.39 is 0 Å². The van der Waals surface area contributed by atoms with Crippen molar-refractivity contribution in [3.63, 3.8) is 0 Å². The number of hydrogen-bond acceptors (Lipinski definition) is 3. The van der Waals surface area contributed by atoms with Gasteiger partial charge in [-0.15, -0.1) is 0 Å². The molecule has 0 saturated carbocycles. The van der Waals surface area contributed by atoms with E-state index in [0.717, 1.165) is 45.0 Å². The molecule has 0 radical (unpaired) electrons. The van der Waals surface area contributed by atoms with Gasteiger partial charge in [0.1, 0.15) is 5.82 Å². The van der Waals surface area contributed by atoms with Gasteiger partial charge in [0.15, 0.2) is 0 Å². The van der Waals surface area contributed by atoms with Crippen LogP contribution in [-0.2, 0) is 6.42 Å². The second-order valence-corrected chi connectivity index (χ2v) is 5.26. The Bertz CT molecular complexity index is 431. The van der Waals surface area contributed by atoms with Crippen LogP contribution < -0.4 is 4.90 Å². The zero-order chi connectivity index (χ0) is 13.7. The van der Waals surface area contributed by atoms with Crippen LogP contribution in [0.1, 0.15) is 26.3 Å². The van der Waals surface area contributed by atoms with Crippen LogP contribution in [0.15, 0.2) is 30.0 Å². The molecular formula is C16H25N3. The summed E-state index contributed by atoms with van der Waals surface area (Å²) in [6.07, 6.45) is 5.15. The molecule has 1 aliphatic heterocycles. The Morgan fingerprint density at radius 1 is 1.32 bits per heavy atom. The lowest BCUT2D eigenvalue weighted by Crippen LogP contribution is -2.46. The number of piperazine rings is 1. The number of anilines is 1. The molecule has 2 heterocycles. The van der Waals surface area contributed by atoms with E-state index in [-0.39, 0.29) is 0 Å². The Kier molecular flexibility index (Phi) is 4.97. The molecule has 1 aliphatic rings. The third-order valence-electron chi connectivity index (χ3n) is 3.93. The van der Waals surface area contributed by atoms with Crippen molar-refractivity contribution in [2.75, 3.05) is 37.6 Å². The molecular weight excluding hydrogens is 234 g/mol. The first-order valence-corrected chi connectivity index (χ1v) is 7.27. The monoisotopic (exact) mass is 259 g/mol. The lowest BCUT2D eigenvalue weighted by Gasteiger charge is -2.34. The van der Waals surface area contributed by atoms with Gasteiger partial charge in [-0.3, -0.25) is 0 Å². The summed E-state index contributed by atoms with van der Waals surface area (Å²) in [6, 6.07) is 4.37. The van der Waals surface area contributed by atoms with Crippen LogP contribution in [0, 0.1) is 0 Å². The second-order valence-electron chi connectivity index (χ2n) is 5.26. The van der Waals surface area contributed by atoms with E-state index in [0.29, 0.717) is 0 Å². The predicted molar refractivity (Wildman–Crippen MR) is 81.7 cm³/mol. The summed E-state index contributed by atoms with van der Waals surface area (Å²) in [7, 11) is 0. The molecule has 0 N–H and O–H groups in total. The quantitative estimate of drug-likeness (QED) is 0.775. The van der Waals surface area contributed by atoms with E-state index in [1.807, 2.05) is 6.20 Å². The maximum absolute atomic E-state index is 4.53. The lowest BCUT2D eigenvalue weighted by atomic mass is 10.1. The molecule has 0 aromatic carbocycles. The van der Waals surface area contributed by atoms with Crippen LogP contribution in [0.2, 0.25) is 0 Å². The molecule has 0 amide bonds. The summed E-state index contributed by atoms with van der Waals surface area (Å²) < 4.78 is 0. The standard InChI is InChI=1S/C16H25N3/c1-4-14(3)12-15-6-7-17-16(13-15)19-10-8-18(5-2)9-11-19/h4,6-7,13H,5,8-12H2,1-3H3. The number of nitrogens with zero attached hydrogens (tertiary/aromatic N) is 3. The Morgan fingerprint density at radius 3 is 2.68 bits per heavy atom. The van der Waals surface area contributed by atoms with Gasteiger partial charge < -0.3 is 9.80 Å². The molecule has 1 aromatic rings. The summed E-state index contributed by atoms with van der Waals surface area (Å²) in [4.78, 5) is 9.43. The number of allylic oxidation sites excluding steroid dienone is 2. The van der Waals surface area contributed by atoms with Gasteiger partial charge in [-0.2, -0.15) is 0 Å². The SMILES string of the molecule is CC=C(C)Cc1ccnc(N2CCN(CC)CC2)c1. The fourth-order valence-electron chi connectivity index (χ4n) is 2.46. The van der Waals surface area contributed by atoms with Crippen molar-refractivity contribution in [2.45, 2.75) is 27.2 Å².